The minimum atomic E-state index is -1.14. The molecule has 0 saturated carbocycles. The lowest BCUT2D eigenvalue weighted by Crippen LogP contribution is -2.46. The van der Waals surface area contributed by atoms with Crippen LogP contribution >= 0.6 is 0 Å². The number of amides is 1. The number of hydrogen-bond donors (Lipinski definition) is 1. The second-order valence-electron chi connectivity index (χ2n) is 6.40. The van der Waals surface area contributed by atoms with E-state index in [1.165, 1.54) is 7.11 Å². The zero-order chi connectivity index (χ0) is 20.8. The molecule has 0 aliphatic rings. The van der Waals surface area contributed by atoms with Gasteiger partial charge in [-0.1, -0.05) is 60.7 Å². The van der Waals surface area contributed by atoms with Crippen LogP contribution in [0.25, 0.3) is 0 Å². The zero-order valence-electron chi connectivity index (χ0n) is 15.6. The minimum absolute atomic E-state index is 0.0994. The monoisotopic (exact) mass is 395 g/mol. The Balaban J connectivity index is 2.01. The Labute approximate surface area is 167 Å². The van der Waals surface area contributed by atoms with Crippen LogP contribution in [-0.4, -0.2) is 25.0 Å². The predicted octanol–water partition coefficient (Wildman–Crippen LogP) is 4.07. The Kier molecular flexibility index (Phi) is 6.34. The van der Waals surface area contributed by atoms with Crippen molar-refractivity contribution in [3.05, 3.63) is 107 Å². The molecule has 0 aliphatic heterocycles. The molecular weight excluding hydrogens is 376 g/mol. The van der Waals surface area contributed by atoms with Crippen molar-refractivity contribution in [1.29, 1.82) is 0 Å². The smallest absolute Gasteiger partial charge is 0.329 e. The Morgan fingerprint density at radius 1 is 0.828 bits per heavy atom. The fraction of sp³-hybridized carbons (Fsp3) is 0.130. The normalized spacial score (nSPS) is 11.7. The fourth-order valence-electron chi connectivity index (χ4n) is 3.17. The molecule has 3 rings (SSSR count). The molecule has 0 saturated heterocycles. The molecule has 0 radical (unpaired) electrons. The maximum absolute atomic E-state index is 13.5. The molecule has 3 aromatic rings. The fourth-order valence-corrected chi connectivity index (χ4v) is 3.17. The first-order valence-electron chi connectivity index (χ1n) is 8.95. The number of carbonyl (C=O) groups is 2. The van der Waals surface area contributed by atoms with E-state index < -0.39 is 35.5 Å². The van der Waals surface area contributed by atoms with Gasteiger partial charge in [-0.2, -0.15) is 0 Å². The largest absolute Gasteiger partial charge is 0.467 e. The average Bonchev–Trinajstić information content (AvgIpc) is 2.76. The van der Waals surface area contributed by atoms with Crippen LogP contribution in [0.2, 0.25) is 0 Å². The van der Waals surface area contributed by atoms with Gasteiger partial charge in [-0.25, -0.2) is 13.6 Å². The first kappa shape index (κ1) is 20.2. The number of methoxy groups -OCH3 is 1. The molecule has 0 fully saturated rings. The van der Waals surface area contributed by atoms with Gasteiger partial charge in [-0.15, -0.1) is 0 Å². The molecule has 0 spiro atoms. The van der Waals surface area contributed by atoms with Crippen molar-refractivity contribution in [3.8, 4) is 0 Å². The maximum atomic E-state index is 13.5. The number of ether oxygens (including phenoxy) is 1. The Morgan fingerprint density at radius 2 is 1.38 bits per heavy atom. The molecule has 3 aromatic carbocycles. The highest BCUT2D eigenvalue weighted by Gasteiger charge is 2.33. The summed E-state index contributed by atoms with van der Waals surface area (Å²) in [5.41, 5.74) is 1.48. The van der Waals surface area contributed by atoms with Crippen molar-refractivity contribution in [2.75, 3.05) is 7.11 Å². The van der Waals surface area contributed by atoms with Gasteiger partial charge in [-0.05, 0) is 29.3 Å². The molecule has 1 atom stereocenters. The third-order valence-electron chi connectivity index (χ3n) is 4.57. The first-order chi connectivity index (χ1) is 14.0. The van der Waals surface area contributed by atoms with Crippen LogP contribution in [0, 0.1) is 11.6 Å². The van der Waals surface area contributed by atoms with Crippen LogP contribution in [0.3, 0.4) is 0 Å². The number of nitrogens with one attached hydrogen (secondary N) is 1. The molecule has 1 N–H and O–H groups in total. The number of halogens is 2. The third kappa shape index (κ3) is 4.66. The highest BCUT2D eigenvalue weighted by Crippen LogP contribution is 2.29. The maximum Gasteiger partial charge on any atom is 0.329 e. The van der Waals surface area contributed by atoms with Gasteiger partial charge >= 0.3 is 5.97 Å². The molecule has 0 heterocycles. The van der Waals surface area contributed by atoms with E-state index in [-0.39, 0.29) is 5.56 Å². The van der Waals surface area contributed by atoms with E-state index in [1.54, 1.807) is 0 Å². The van der Waals surface area contributed by atoms with Crippen LogP contribution in [0.4, 0.5) is 8.78 Å². The summed E-state index contributed by atoms with van der Waals surface area (Å²) in [5.74, 6) is -4.11. The van der Waals surface area contributed by atoms with Crippen LogP contribution in [0.15, 0.2) is 78.9 Å². The highest BCUT2D eigenvalue weighted by molar-refractivity contribution is 5.97. The number of benzene rings is 3. The molecule has 148 valence electrons. The average molecular weight is 395 g/mol. The van der Waals surface area contributed by atoms with Gasteiger partial charge in [0.25, 0.3) is 5.91 Å². The van der Waals surface area contributed by atoms with E-state index in [0.29, 0.717) is 0 Å². The molecule has 29 heavy (non-hydrogen) atoms. The summed E-state index contributed by atoms with van der Waals surface area (Å²) in [5, 5.41) is 2.63. The summed E-state index contributed by atoms with van der Waals surface area (Å²) >= 11 is 0. The molecule has 1 amide bonds. The van der Waals surface area contributed by atoms with Crippen molar-refractivity contribution >= 4 is 11.9 Å². The van der Waals surface area contributed by atoms with Gasteiger partial charge in [-0.3, -0.25) is 4.79 Å². The van der Waals surface area contributed by atoms with E-state index in [2.05, 4.69) is 5.32 Å². The van der Waals surface area contributed by atoms with Crippen molar-refractivity contribution in [1.82, 2.24) is 5.32 Å². The van der Waals surface area contributed by atoms with Gasteiger partial charge in [0, 0.05) is 11.5 Å². The summed E-state index contributed by atoms with van der Waals surface area (Å²) < 4.78 is 31.7. The van der Waals surface area contributed by atoms with Crippen molar-refractivity contribution in [3.63, 3.8) is 0 Å². The first-order valence-corrected chi connectivity index (χ1v) is 8.95. The molecule has 4 nitrogen and oxygen atoms in total. The Hall–Kier alpha value is -3.54. The molecule has 6 heteroatoms. The molecular formula is C23H19F2NO3. The third-order valence-corrected chi connectivity index (χ3v) is 4.57. The van der Waals surface area contributed by atoms with Crippen LogP contribution in [-0.2, 0) is 9.53 Å². The molecule has 0 bridgehead atoms. The van der Waals surface area contributed by atoms with E-state index >= 15 is 0 Å². The molecule has 0 aromatic heterocycles. The quantitative estimate of drug-likeness (QED) is 0.640. The lowest BCUT2D eigenvalue weighted by Gasteiger charge is -2.27. The number of esters is 1. The van der Waals surface area contributed by atoms with Crippen molar-refractivity contribution < 1.29 is 23.1 Å². The summed E-state index contributed by atoms with van der Waals surface area (Å²) in [7, 11) is 1.23. The van der Waals surface area contributed by atoms with Crippen LogP contribution in [0.5, 0.6) is 0 Å². The number of hydrogen-bond acceptors (Lipinski definition) is 3. The second kappa shape index (κ2) is 9.10. The topological polar surface area (TPSA) is 55.4 Å². The summed E-state index contributed by atoms with van der Waals surface area (Å²) in [6, 6.07) is 20.1. The van der Waals surface area contributed by atoms with Gasteiger partial charge < -0.3 is 10.1 Å². The van der Waals surface area contributed by atoms with Gasteiger partial charge in [0.1, 0.15) is 6.04 Å². The summed E-state index contributed by atoms with van der Waals surface area (Å²) in [6.45, 7) is 0. The van der Waals surface area contributed by atoms with E-state index in [4.69, 9.17) is 4.74 Å². The number of rotatable bonds is 6. The summed E-state index contributed by atoms with van der Waals surface area (Å²) in [4.78, 5) is 25.3. The lowest BCUT2D eigenvalue weighted by molar-refractivity contribution is -0.143. The molecule has 0 unspecified atom stereocenters. The van der Waals surface area contributed by atoms with Crippen molar-refractivity contribution in [2.24, 2.45) is 0 Å². The Bertz CT molecular complexity index is 954. The summed E-state index contributed by atoms with van der Waals surface area (Å²) in [6.07, 6.45) is 0. The van der Waals surface area contributed by atoms with Crippen LogP contribution in [0.1, 0.15) is 27.4 Å². The molecule has 0 aliphatic carbocycles. The van der Waals surface area contributed by atoms with Gasteiger partial charge in [0.2, 0.25) is 0 Å². The highest BCUT2D eigenvalue weighted by atomic mass is 19.2. The predicted molar refractivity (Wildman–Crippen MR) is 104 cm³/mol. The van der Waals surface area contributed by atoms with Gasteiger partial charge in [0.05, 0.1) is 7.11 Å². The minimum Gasteiger partial charge on any atom is -0.467 e. The number of carbonyl (C=O) groups excluding carboxylic acids is 2. The van der Waals surface area contributed by atoms with Crippen LogP contribution < -0.4 is 5.32 Å². The van der Waals surface area contributed by atoms with Gasteiger partial charge in [0.15, 0.2) is 11.6 Å². The standard InChI is InChI=1S/C23H19F2NO3/c1-29-23(28)21(26-22(27)17-12-13-18(24)19(25)14-17)20(15-8-4-2-5-9-15)16-10-6-3-7-11-16/h2-14,20-21H,1H3,(H,26,27)/t21-/m0/s1. The SMILES string of the molecule is COC(=O)[C@@H](NC(=O)c1ccc(F)c(F)c1)C(c1ccccc1)c1ccccc1. The van der Waals surface area contributed by atoms with E-state index in [1.807, 2.05) is 60.7 Å². The second-order valence-corrected chi connectivity index (χ2v) is 6.40. The van der Waals surface area contributed by atoms with E-state index in [0.717, 1.165) is 29.3 Å². The van der Waals surface area contributed by atoms with E-state index in [9.17, 15) is 18.4 Å². The Morgan fingerprint density at radius 3 is 1.86 bits per heavy atom. The lowest BCUT2D eigenvalue weighted by atomic mass is 9.84. The van der Waals surface area contributed by atoms with Crippen molar-refractivity contribution in [2.45, 2.75) is 12.0 Å². The zero-order valence-corrected chi connectivity index (χ0v) is 15.6.